The van der Waals surface area contributed by atoms with Crippen LogP contribution in [0.25, 0.3) is 0 Å². The van der Waals surface area contributed by atoms with E-state index in [9.17, 15) is 4.79 Å². The van der Waals surface area contributed by atoms with Gasteiger partial charge in [-0.15, -0.1) is 0 Å². The Bertz CT molecular complexity index is 289. The summed E-state index contributed by atoms with van der Waals surface area (Å²) in [5.74, 6) is 2.13. The molecule has 12 heavy (non-hydrogen) atoms. The molecule has 0 amide bonds. The van der Waals surface area contributed by atoms with Crippen molar-refractivity contribution in [3.63, 3.8) is 0 Å². The molecule has 1 rings (SSSR count). The first kappa shape index (κ1) is 9.45. The zero-order valence-electron chi connectivity index (χ0n) is 7.49. The average Bonchev–Trinajstić information content (AvgIpc) is 2.36. The topological polar surface area (TPSA) is 26.9 Å². The smallest absolute Gasteiger partial charge is 0.302 e. The second kappa shape index (κ2) is 4.40. The van der Waals surface area contributed by atoms with E-state index in [1.54, 1.807) is 22.4 Å². The summed E-state index contributed by atoms with van der Waals surface area (Å²) < 4.78 is 3.33. The zero-order valence-corrected chi connectivity index (χ0v) is 8.30. The fourth-order valence-corrected chi connectivity index (χ4v) is 1.60. The number of hydrogen-bond donors (Lipinski definition) is 0. The second-order valence-corrected chi connectivity index (χ2v) is 3.98. The van der Waals surface area contributed by atoms with Gasteiger partial charge in [-0.1, -0.05) is 6.92 Å². The van der Waals surface area contributed by atoms with Gasteiger partial charge in [-0.2, -0.15) is 11.8 Å². The molecule has 0 unspecified atom stereocenters. The lowest BCUT2D eigenvalue weighted by molar-refractivity contribution is 0.700. The van der Waals surface area contributed by atoms with Crippen LogP contribution in [0.3, 0.4) is 0 Å². The third-order valence-corrected chi connectivity index (χ3v) is 2.58. The zero-order chi connectivity index (χ0) is 8.97. The van der Waals surface area contributed by atoms with Crippen molar-refractivity contribution < 1.29 is 0 Å². The summed E-state index contributed by atoms with van der Waals surface area (Å²) in [6.07, 6.45) is 3.62. The van der Waals surface area contributed by atoms with Crippen molar-refractivity contribution in [3.8, 4) is 0 Å². The summed E-state index contributed by atoms with van der Waals surface area (Å²) >= 11 is 1.85. The Balaban J connectivity index is 2.52. The van der Waals surface area contributed by atoms with E-state index in [-0.39, 0.29) is 5.69 Å². The third-order valence-electron chi connectivity index (χ3n) is 1.70. The van der Waals surface area contributed by atoms with E-state index >= 15 is 0 Å². The maximum atomic E-state index is 11.3. The molecule has 0 atom stereocenters. The average molecular weight is 186 g/mol. The van der Waals surface area contributed by atoms with Crippen LogP contribution in [0.1, 0.15) is 6.92 Å². The molecular weight excluding hydrogens is 172 g/mol. The second-order valence-electron chi connectivity index (χ2n) is 2.58. The number of aromatic nitrogens is 2. The quantitative estimate of drug-likeness (QED) is 0.654. The van der Waals surface area contributed by atoms with Gasteiger partial charge in [0.15, 0.2) is 0 Å². The van der Waals surface area contributed by atoms with Crippen LogP contribution < -0.4 is 5.69 Å². The van der Waals surface area contributed by atoms with Crippen LogP contribution in [-0.2, 0) is 13.6 Å². The van der Waals surface area contributed by atoms with Crippen LogP contribution in [-0.4, -0.2) is 20.6 Å². The Labute approximate surface area is 76.4 Å². The Morgan fingerprint density at radius 3 is 2.75 bits per heavy atom. The van der Waals surface area contributed by atoms with Crippen molar-refractivity contribution in [2.75, 3.05) is 11.5 Å². The van der Waals surface area contributed by atoms with Crippen LogP contribution >= 0.6 is 11.8 Å². The van der Waals surface area contributed by atoms with Gasteiger partial charge in [-0.25, -0.2) is 4.79 Å². The highest BCUT2D eigenvalue weighted by molar-refractivity contribution is 7.99. The van der Waals surface area contributed by atoms with Gasteiger partial charge in [0.2, 0.25) is 0 Å². The van der Waals surface area contributed by atoms with Crippen LogP contribution in [0.15, 0.2) is 17.2 Å². The van der Waals surface area contributed by atoms with Gasteiger partial charge in [0.1, 0.15) is 0 Å². The molecule has 4 heteroatoms. The predicted molar refractivity (Wildman–Crippen MR) is 52.7 cm³/mol. The Morgan fingerprint density at radius 1 is 1.50 bits per heavy atom. The Kier molecular flexibility index (Phi) is 3.47. The lowest BCUT2D eigenvalue weighted by Gasteiger charge is -1.98. The maximum absolute atomic E-state index is 11.3. The molecule has 0 saturated heterocycles. The van der Waals surface area contributed by atoms with Gasteiger partial charge in [0.05, 0.1) is 0 Å². The van der Waals surface area contributed by atoms with Crippen molar-refractivity contribution in [1.29, 1.82) is 0 Å². The van der Waals surface area contributed by atoms with Gasteiger partial charge < -0.3 is 4.57 Å². The van der Waals surface area contributed by atoms with Crippen LogP contribution in [0.5, 0.6) is 0 Å². The van der Waals surface area contributed by atoms with E-state index in [0.717, 1.165) is 18.1 Å². The molecule has 0 radical (unpaired) electrons. The molecule has 0 saturated carbocycles. The standard InChI is InChI=1S/C8H14N2OS/c1-3-12-7-6-10-5-4-9(2)8(10)11/h4-5H,3,6-7H2,1-2H3. The lowest BCUT2D eigenvalue weighted by atomic mass is 10.7. The number of aryl methyl sites for hydroxylation is 2. The number of hydrogen-bond acceptors (Lipinski definition) is 2. The van der Waals surface area contributed by atoms with Crippen molar-refractivity contribution in [3.05, 3.63) is 22.9 Å². The molecule has 3 nitrogen and oxygen atoms in total. The number of imidazole rings is 1. The molecule has 0 aliphatic heterocycles. The van der Waals surface area contributed by atoms with E-state index in [2.05, 4.69) is 6.92 Å². The van der Waals surface area contributed by atoms with E-state index in [1.807, 2.05) is 18.0 Å². The van der Waals surface area contributed by atoms with Gasteiger partial charge in [-0.05, 0) is 5.75 Å². The largest absolute Gasteiger partial charge is 0.327 e. The molecule has 1 aromatic rings. The van der Waals surface area contributed by atoms with Crippen molar-refractivity contribution in [2.45, 2.75) is 13.5 Å². The summed E-state index contributed by atoms with van der Waals surface area (Å²) in [7, 11) is 1.77. The first-order chi connectivity index (χ1) is 5.75. The lowest BCUT2D eigenvalue weighted by Crippen LogP contribution is -2.22. The van der Waals surface area contributed by atoms with Gasteiger partial charge in [0.25, 0.3) is 0 Å². The fraction of sp³-hybridized carbons (Fsp3) is 0.625. The van der Waals surface area contributed by atoms with Crippen molar-refractivity contribution in [1.82, 2.24) is 9.13 Å². The molecular formula is C8H14N2OS. The summed E-state index contributed by atoms with van der Waals surface area (Å²) in [5, 5.41) is 0. The Morgan fingerprint density at radius 2 is 2.25 bits per heavy atom. The van der Waals surface area contributed by atoms with E-state index < -0.39 is 0 Å². The Hall–Kier alpha value is -0.640. The first-order valence-electron chi connectivity index (χ1n) is 4.05. The minimum absolute atomic E-state index is 0.0757. The molecule has 0 aliphatic rings. The summed E-state index contributed by atoms with van der Waals surface area (Å²) in [5.41, 5.74) is 0.0757. The number of thioether (sulfide) groups is 1. The van der Waals surface area contributed by atoms with Crippen molar-refractivity contribution >= 4 is 11.8 Å². The van der Waals surface area contributed by atoms with E-state index in [0.29, 0.717) is 0 Å². The summed E-state index contributed by atoms with van der Waals surface area (Å²) in [4.78, 5) is 11.3. The molecule has 0 N–H and O–H groups in total. The van der Waals surface area contributed by atoms with E-state index in [4.69, 9.17) is 0 Å². The van der Waals surface area contributed by atoms with Crippen LogP contribution in [0, 0.1) is 0 Å². The molecule has 0 aromatic carbocycles. The number of rotatable bonds is 4. The first-order valence-corrected chi connectivity index (χ1v) is 5.20. The molecule has 0 aliphatic carbocycles. The highest BCUT2D eigenvalue weighted by Crippen LogP contribution is 1.98. The molecule has 0 spiro atoms. The van der Waals surface area contributed by atoms with Crippen molar-refractivity contribution in [2.24, 2.45) is 7.05 Å². The molecule has 0 fully saturated rings. The summed E-state index contributed by atoms with van der Waals surface area (Å²) in [6, 6.07) is 0. The normalized spacial score (nSPS) is 10.5. The minimum Gasteiger partial charge on any atom is -0.302 e. The molecule has 1 heterocycles. The van der Waals surface area contributed by atoms with Crippen LogP contribution in [0.2, 0.25) is 0 Å². The fourth-order valence-electron chi connectivity index (χ4n) is 0.988. The van der Waals surface area contributed by atoms with Gasteiger partial charge >= 0.3 is 5.69 Å². The predicted octanol–water partition coefficient (Wildman–Crippen LogP) is 0.940. The number of nitrogens with zero attached hydrogens (tertiary/aromatic N) is 2. The highest BCUT2D eigenvalue weighted by atomic mass is 32.2. The van der Waals surface area contributed by atoms with Crippen LogP contribution in [0.4, 0.5) is 0 Å². The van der Waals surface area contributed by atoms with Gasteiger partial charge in [-0.3, -0.25) is 4.57 Å². The molecule has 0 bridgehead atoms. The van der Waals surface area contributed by atoms with E-state index in [1.165, 1.54) is 0 Å². The maximum Gasteiger partial charge on any atom is 0.327 e. The minimum atomic E-state index is 0.0757. The highest BCUT2D eigenvalue weighted by Gasteiger charge is 1.97. The monoisotopic (exact) mass is 186 g/mol. The summed E-state index contributed by atoms with van der Waals surface area (Å²) in [6.45, 7) is 2.94. The molecule has 68 valence electrons. The van der Waals surface area contributed by atoms with Gasteiger partial charge in [0, 0.05) is 31.7 Å². The molecule has 1 aromatic heterocycles. The third kappa shape index (κ3) is 2.17. The SMILES string of the molecule is CCSCCn1ccn(C)c1=O.